The van der Waals surface area contributed by atoms with E-state index in [0.717, 1.165) is 62.1 Å². The van der Waals surface area contributed by atoms with Crippen molar-refractivity contribution in [1.29, 1.82) is 0 Å². The van der Waals surface area contributed by atoms with E-state index >= 15 is 0 Å². The predicted octanol–water partition coefficient (Wildman–Crippen LogP) is 1.56. The lowest BCUT2D eigenvalue weighted by molar-refractivity contribution is -0.133. The largest absolute Gasteiger partial charge is 0.337 e. The topological polar surface area (TPSA) is 61.4 Å². The van der Waals surface area contributed by atoms with E-state index in [1.165, 1.54) is 25.7 Å². The molecule has 2 fully saturated rings. The molecule has 0 aliphatic carbocycles. The van der Waals surface area contributed by atoms with Crippen LogP contribution in [0.4, 0.5) is 0 Å². The minimum Gasteiger partial charge on any atom is -0.337 e. The monoisotopic (exact) mass is 357 g/mol. The molecule has 0 bridgehead atoms. The normalized spacial score (nSPS) is 25.1. The highest BCUT2D eigenvalue weighted by Crippen LogP contribution is 2.23. The van der Waals surface area contributed by atoms with E-state index < -0.39 is 0 Å². The fourth-order valence-corrected chi connectivity index (χ4v) is 4.32. The Balaban J connectivity index is 1.36. The standard InChI is InChI=1S/C20H31N5O/c1-15-4-8-24(9-5-15)14-19(26)25-10-6-18-17(13-25)12-22-20(23-18)16-3-2-7-21-11-16/h12,15-16,21H,2-11,13-14H2,1H3/t16-/m1/s1. The van der Waals surface area contributed by atoms with Gasteiger partial charge >= 0.3 is 0 Å². The highest BCUT2D eigenvalue weighted by atomic mass is 16.2. The second kappa shape index (κ2) is 8.01. The van der Waals surface area contributed by atoms with Gasteiger partial charge in [0.2, 0.25) is 5.91 Å². The van der Waals surface area contributed by atoms with Gasteiger partial charge in [-0.1, -0.05) is 6.92 Å². The molecule has 1 aromatic rings. The molecule has 1 amide bonds. The number of fused-ring (bicyclic) bond motifs is 1. The third-order valence-corrected chi connectivity index (χ3v) is 6.20. The average Bonchev–Trinajstić information content (AvgIpc) is 2.69. The molecule has 1 atom stereocenters. The lowest BCUT2D eigenvalue weighted by Gasteiger charge is -2.33. The Morgan fingerprint density at radius 2 is 2.12 bits per heavy atom. The molecule has 4 heterocycles. The Bertz CT molecular complexity index is 635. The summed E-state index contributed by atoms with van der Waals surface area (Å²) in [4.78, 5) is 26.5. The summed E-state index contributed by atoms with van der Waals surface area (Å²) in [5, 5.41) is 3.44. The fraction of sp³-hybridized carbons (Fsp3) is 0.750. The fourth-order valence-electron chi connectivity index (χ4n) is 4.32. The number of piperidine rings is 2. The molecule has 0 unspecified atom stereocenters. The summed E-state index contributed by atoms with van der Waals surface area (Å²) in [7, 11) is 0. The van der Waals surface area contributed by atoms with E-state index in [4.69, 9.17) is 4.98 Å². The Morgan fingerprint density at radius 1 is 1.27 bits per heavy atom. The number of nitrogens with one attached hydrogen (secondary N) is 1. The van der Waals surface area contributed by atoms with Crippen molar-refractivity contribution in [2.75, 3.05) is 39.3 Å². The van der Waals surface area contributed by atoms with Gasteiger partial charge in [0.15, 0.2) is 0 Å². The number of nitrogens with zero attached hydrogens (tertiary/aromatic N) is 4. The Hall–Kier alpha value is -1.53. The molecule has 0 radical (unpaired) electrons. The van der Waals surface area contributed by atoms with Gasteiger partial charge in [-0.05, 0) is 51.2 Å². The van der Waals surface area contributed by atoms with Crippen LogP contribution in [0, 0.1) is 5.92 Å². The summed E-state index contributed by atoms with van der Waals surface area (Å²) in [5.41, 5.74) is 2.28. The first kappa shape index (κ1) is 17.9. The minimum atomic E-state index is 0.255. The third-order valence-electron chi connectivity index (χ3n) is 6.20. The first-order chi connectivity index (χ1) is 12.7. The van der Waals surface area contributed by atoms with E-state index in [9.17, 15) is 4.79 Å². The summed E-state index contributed by atoms with van der Waals surface area (Å²) < 4.78 is 0. The highest BCUT2D eigenvalue weighted by molar-refractivity contribution is 5.78. The van der Waals surface area contributed by atoms with Gasteiger partial charge < -0.3 is 10.2 Å². The van der Waals surface area contributed by atoms with Crippen LogP contribution in [0.3, 0.4) is 0 Å². The van der Waals surface area contributed by atoms with Crippen LogP contribution >= 0.6 is 0 Å². The molecule has 3 aliphatic heterocycles. The molecular weight excluding hydrogens is 326 g/mol. The van der Waals surface area contributed by atoms with Crippen LogP contribution in [0.25, 0.3) is 0 Å². The maximum absolute atomic E-state index is 12.7. The smallest absolute Gasteiger partial charge is 0.237 e. The SMILES string of the molecule is CC1CCN(CC(=O)N2CCc3nc([C@@H]4CCCNC4)ncc3C2)CC1. The molecule has 0 saturated carbocycles. The van der Waals surface area contributed by atoms with Crippen LogP contribution in [-0.2, 0) is 17.8 Å². The lowest BCUT2D eigenvalue weighted by atomic mass is 9.98. The van der Waals surface area contributed by atoms with Gasteiger partial charge in [0.25, 0.3) is 0 Å². The molecule has 0 spiro atoms. The lowest BCUT2D eigenvalue weighted by Crippen LogP contribution is -2.45. The summed E-state index contributed by atoms with van der Waals surface area (Å²) in [5.74, 6) is 2.48. The zero-order valence-corrected chi connectivity index (χ0v) is 15.9. The van der Waals surface area contributed by atoms with Crippen LogP contribution in [0.1, 0.15) is 55.6 Å². The quantitative estimate of drug-likeness (QED) is 0.890. The van der Waals surface area contributed by atoms with Crippen molar-refractivity contribution in [3.05, 3.63) is 23.3 Å². The predicted molar refractivity (Wildman–Crippen MR) is 101 cm³/mol. The summed E-state index contributed by atoms with van der Waals surface area (Å²) >= 11 is 0. The molecule has 4 rings (SSSR count). The molecule has 0 aromatic carbocycles. The molecule has 3 aliphatic rings. The van der Waals surface area contributed by atoms with Crippen molar-refractivity contribution in [3.63, 3.8) is 0 Å². The van der Waals surface area contributed by atoms with Gasteiger partial charge in [-0.25, -0.2) is 9.97 Å². The summed E-state index contributed by atoms with van der Waals surface area (Å²) in [6, 6.07) is 0. The molecule has 142 valence electrons. The molecule has 1 N–H and O–H groups in total. The number of carbonyl (C=O) groups excluding carboxylic acids is 1. The van der Waals surface area contributed by atoms with Crippen molar-refractivity contribution in [2.45, 2.75) is 51.5 Å². The van der Waals surface area contributed by atoms with Gasteiger partial charge in [-0.15, -0.1) is 0 Å². The Kier molecular flexibility index (Phi) is 5.50. The van der Waals surface area contributed by atoms with E-state index in [-0.39, 0.29) is 5.91 Å². The number of aromatic nitrogens is 2. The molecule has 6 heteroatoms. The first-order valence-electron chi connectivity index (χ1n) is 10.2. The number of carbonyl (C=O) groups is 1. The summed E-state index contributed by atoms with van der Waals surface area (Å²) in [6.45, 7) is 8.52. The second-order valence-electron chi connectivity index (χ2n) is 8.27. The van der Waals surface area contributed by atoms with Crippen LogP contribution < -0.4 is 5.32 Å². The summed E-state index contributed by atoms with van der Waals surface area (Å²) in [6.07, 6.45) is 7.61. The molecule has 6 nitrogen and oxygen atoms in total. The maximum atomic E-state index is 12.7. The maximum Gasteiger partial charge on any atom is 0.237 e. The third kappa shape index (κ3) is 4.07. The van der Waals surface area contributed by atoms with E-state index in [0.29, 0.717) is 19.0 Å². The Morgan fingerprint density at radius 3 is 2.88 bits per heavy atom. The first-order valence-corrected chi connectivity index (χ1v) is 10.2. The minimum absolute atomic E-state index is 0.255. The zero-order valence-electron chi connectivity index (χ0n) is 15.9. The number of hydrogen-bond acceptors (Lipinski definition) is 5. The zero-order chi connectivity index (χ0) is 17.9. The molecule has 2 saturated heterocycles. The number of amides is 1. The molecule has 26 heavy (non-hydrogen) atoms. The molecule has 1 aromatic heterocycles. The van der Waals surface area contributed by atoms with Crippen LogP contribution in [0.5, 0.6) is 0 Å². The van der Waals surface area contributed by atoms with Crippen molar-refractivity contribution >= 4 is 5.91 Å². The number of likely N-dealkylation sites (tertiary alicyclic amines) is 1. The van der Waals surface area contributed by atoms with Crippen LogP contribution in [0.2, 0.25) is 0 Å². The van der Waals surface area contributed by atoms with Crippen LogP contribution in [0.15, 0.2) is 6.20 Å². The highest BCUT2D eigenvalue weighted by Gasteiger charge is 2.26. The van der Waals surface area contributed by atoms with Gasteiger partial charge in [0.05, 0.1) is 12.2 Å². The van der Waals surface area contributed by atoms with E-state index in [2.05, 4.69) is 22.1 Å². The molecular formula is C20H31N5O. The average molecular weight is 358 g/mol. The van der Waals surface area contributed by atoms with E-state index in [1.54, 1.807) is 0 Å². The van der Waals surface area contributed by atoms with Crippen molar-refractivity contribution in [1.82, 2.24) is 25.1 Å². The van der Waals surface area contributed by atoms with Crippen molar-refractivity contribution < 1.29 is 4.79 Å². The van der Waals surface area contributed by atoms with Gasteiger partial charge in [0, 0.05) is 43.7 Å². The number of rotatable bonds is 3. The Labute approximate surface area is 156 Å². The van der Waals surface area contributed by atoms with Gasteiger partial charge in [0.1, 0.15) is 5.82 Å². The van der Waals surface area contributed by atoms with E-state index in [1.807, 2.05) is 11.1 Å². The second-order valence-corrected chi connectivity index (χ2v) is 8.27. The van der Waals surface area contributed by atoms with Crippen LogP contribution in [-0.4, -0.2) is 64.9 Å². The van der Waals surface area contributed by atoms with Crippen molar-refractivity contribution in [2.24, 2.45) is 5.92 Å². The van der Waals surface area contributed by atoms with Gasteiger partial charge in [-0.2, -0.15) is 0 Å². The van der Waals surface area contributed by atoms with Gasteiger partial charge in [-0.3, -0.25) is 9.69 Å². The van der Waals surface area contributed by atoms with Crippen molar-refractivity contribution in [3.8, 4) is 0 Å². The number of hydrogen-bond donors (Lipinski definition) is 1.